The summed E-state index contributed by atoms with van der Waals surface area (Å²) in [6.45, 7) is 5.36. The Morgan fingerprint density at radius 3 is 2.54 bits per heavy atom. The standard InChI is InChI=1S/C17H19Cl2NO4/c1-17(2,3)24-14(22)8-7-13(21)16-20-12(9-23-16)15-10(18)5-4-6-11(15)19/h4-6,9,13,21H,7-8H2,1-3H3. The molecule has 1 unspecified atom stereocenters. The normalized spacial score (nSPS) is 12.9. The first-order valence-electron chi connectivity index (χ1n) is 7.47. The topological polar surface area (TPSA) is 72.6 Å². The number of hydrogen-bond donors (Lipinski definition) is 1. The summed E-state index contributed by atoms with van der Waals surface area (Å²) in [6.07, 6.45) is 0.556. The van der Waals surface area contributed by atoms with Gasteiger partial charge in [-0.25, -0.2) is 4.98 Å². The molecule has 0 saturated carbocycles. The van der Waals surface area contributed by atoms with E-state index in [-0.39, 0.29) is 24.7 Å². The van der Waals surface area contributed by atoms with Gasteiger partial charge in [0.1, 0.15) is 23.7 Å². The van der Waals surface area contributed by atoms with Gasteiger partial charge in [-0.3, -0.25) is 4.79 Å². The third-order valence-electron chi connectivity index (χ3n) is 3.07. The minimum Gasteiger partial charge on any atom is -0.460 e. The molecule has 1 aromatic heterocycles. The molecule has 5 nitrogen and oxygen atoms in total. The van der Waals surface area contributed by atoms with Crippen LogP contribution in [0, 0.1) is 0 Å². The van der Waals surface area contributed by atoms with Crippen molar-refractivity contribution in [2.75, 3.05) is 0 Å². The average molecular weight is 372 g/mol. The Labute approximate surface area is 150 Å². The van der Waals surface area contributed by atoms with Crippen molar-refractivity contribution in [1.29, 1.82) is 0 Å². The molecule has 0 amide bonds. The number of aromatic nitrogens is 1. The van der Waals surface area contributed by atoms with Gasteiger partial charge in [-0.1, -0.05) is 29.3 Å². The van der Waals surface area contributed by atoms with Crippen molar-refractivity contribution in [3.63, 3.8) is 0 Å². The number of benzene rings is 1. The van der Waals surface area contributed by atoms with Gasteiger partial charge in [0.25, 0.3) is 0 Å². The summed E-state index contributed by atoms with van der Waals surface area (Å²) in [4.78, 5) is 15.9. The maximum Gasteiger partial charge on any atom is 0.306 e. The first-order chi connectivity index (χ1) is 11.2. The van der Waals surface area contributed by atoms with E-state index >= 15 is 0 Å². The molecule has 0 bridgehead atoms. The predicted molar refractivity (Wildman–Crippen MR) is 92.0 cm³/mol. The van der Waals surface area contributed by atoms with Gasteiger partial charge in [-0.15, -0.1) is 0 Å². The lowest BCUT2D eigenvalue weighted by Crippen LogP contribution is -2.24. The zero-order valence-corrected chi connectivity index (χ0v) is 15.2. The Balaban J connectivity index is 2.04. The van der Waals surface area contributed by atoms with E-state index in [2.05, 4.69) is 4.98 Å². The number of carbonyl (C=O) groups is 1. The summed E-state index contributed by atoms with van der Waals surface area (Å²) >= 11 is 12.3. The Hall–Kier alpha value is -1.56. The third-order valence-corrected chi connectivity index (χ3v) is 3.70. The Bertz CT molecular complexity index is 701. The molecule has 0 spiro atoms. The molecule has 2 rings (SSSR count). The average Bonchev–Trinajstić information content (AvgIpc) is 2.92. The lowest BCUT2D eigenvalue weighted by molar-refractivity contribution is -0.155. The van der Waals surface area contributed by atoms with Crippen LogP contribution in [-0.2, 0) is 9.53 Å². The molecule has 130 valence electrons. The van der Waals surface area contributed by atoms with E-state index in [1.54, 1.807) is 39.0 Å². The highest BCUT2D eigenvalue weighted by Gasteiger charge is 2.21. The minimum absolute atomic E-state index is 0.0585. The Morgan fingerprint density at radius 2 is 1.96 bits per heavy atom. The van der Waals surface area contributed by atoms with E-state index in [0.29, 0.717) is 21.3 Å². The summed E-state index contributed by atoms with van der Waals surface area (Å²) in [6, 6.07) is 5.11. The summed E-state index contributed by atoms with van der Waals surface area (Å²) in [5, 5.41) is 11.0. The van der Waals surface area contributed by atoms with Crippen LogP contribution in [0.25, 0.3) is 11.3 Å². The number of aliphatic hydroxyl groups is 1. The number of esters is 1. The van der Waals surface area contributed by atoms with E-state index in [1.807, 2.05) is 0 Å². The van der Waals surface area contributed by atoms with Crippen LogP contribution in [0.4, 0.5) is 0 Å². The van der Waals surface area contributed by atoms with Gasteiger partial charge in [0.15, 0.2) is 0 Å². The van der Waals surface area contributed by atoms with Gasteiger partial charge >= 0.3 is 5.97 Å². The van der Waals surface area contributed by atoms with Gasteiger partial charge in [0.05, 0.1) is 10.0 Å². The lowest BCUT2D eigenvalue weighted by atomic mass is 10.1. The van der Waals surface area contributed by atoms with Crippen molar-refractivity contribution < 1.29 is 19.1 Å². The molecule has 0 fully saturated rings. The fourth-order valence-corrected chi connectivity index (χ4v) is 2.66. The van der Waals surface area contributed by atoms with Crippen molar-refractivity contribution in [2.45, 2.75) is 45.3 Å². The van der Waals surface area contributed by atoms with Crippen molar-refractivity contribution in [1.82, 2.24) is 4.98 Å². The number of hydrogen-bond acceptors (Lipinski definition) is 5. The number of halogens is 2. The van der Waals surface area contributed by atoms with Gasteiger partial charge < -0.3 is 14.3 Å². The molecule has 0 aliphatic carbocycles. The fourth-order valence-electron chi connectivity index (χ4n) is 2.07. The minimum atomic E-state index is -1.02. The monoisotopic (exact) mass is 371 g/mol. The number of carbonyl (C=O) groups excluding carboxylic acids is 1. The van der Waals surface area contributed by atoms with Gasteiger partial charge in [-0.05, 0) is 39.3 Å². The highest BCUT2D eigenvalue weighted by atomic mass is 35.5. The predicted octanol–water partition coefficient (Wildman–Crippen LogP) is 4.80. The molecule has 7 heteroatoms. The van der Waals surface area contributed by atoms with Crippen LogP contribution in [0.1, 0.15) is 45.6 Å². The quantitative estimate of drug-likeness (QED) is 0.763. The maximum absolute atomic E-state index is 11.7. The van der Waals surface area contributed by atoms with Crippen LogP contribution < -0.4 is 0 Å². The van der Waals surface area contributed by atoms with E-state index < -0.39 is 11.7 Å². The van der Waals surface area contributed by atoms with Crippen molar-refractivity contribution in [2.24, 2.45) is 0 Å². The summed E-state index contributed by atoms with van der Waals surface area (Å²) in [7, 11) is 0. The third kappa shape index (κ3) is 4.97. The number of ether oxygens (including phenoxy) is 1. The summed E-state index contributed by atoms with van der Waals surface area (Å²) < 4.78 is 10.5. The smallest absolute Gasteiger partial charge is 0.306 e. The first-order valence-corrected chi connectivity index (χ1v) is 8.22. The number of aliphatic hydroxyl groups excluding tert-OH is 1. The van der Waals surface area contributed by atoms with Gasteiger partial charge in [-0.2, -0.15) is 0 Å². The van der Waals surface area contributed by atoms with E-state index in [4.69, 9.17) is 32.4 Å². The first kappa shape index (κ1) is 18.8. The molecule has 24 heavy (non-hydrogen) atoms. The van der Waals surface area contributed by atoms with Crippen LogP contribution in [0.5, 0.6) is 0 Å². The highest BCUT2D eigenvalue weighted by molar-refractivity contribution is 6.39. The molecular formula is C17H19Cl2NO4. The van der Waals surface area contributed by atoms with E-state index in [1.165, 1.54) is 6.26 Å². The van der Waals surface area contributed by atoms with Crippen LogP contribution in [0.15, 0.2) is 28.9 Å². The lowest BCUT2D eigenvalue weighted by Gasteiger charge is -2.19. The van der Waals surface area contributed by atoms with Crippen LogP contribution in [0.2, 0.25) is 10.0 Å². The molecule has 0 aliphatic heterocycles. The second kappa shape index (κ2) is 7.55. The van der Waals surface area contributed by atoms with Gasteiger partial charge in [0, 0.05) is 12.0 Å². The van der Waals surface area contributed by atoms with Crippen LogP contribution >= 0.6 is 23.2 Å². The van der Waals surface area contributed by atoms with Crippen molar-refractivity contribution in [3.8, 4) is 11.3 Å². The number of rotatable bonds is 5. The fraction of sp³-hybridized carbons (Fsp3) is 0.412. The van der Waals surface area contributed by atoms with Crippen LogP contribution in [0.3, 0.4) is 0 Å². The van der Waals surface area contributed by atoms with Crippen molar-refractivity contribution in [3.05, 3.63) is 40.4 Å². The molecule has 1 atom stereocenters. The number of oxazole rings is 1. The zero-order chi connectivity index (χ0) is 17.9. The van der Waals surface area contributed by atoms with E-state index in [0.717, 1.165) is 0 Å². The van der Waals surface area contributed by atoms with E-state index in [9.17, 15) is 9.90 Å². The molecule has 0 radical (unpaired) electrons. The second-order valence-electron chi connectivity index (χ2n) is 6.31. The Morgan fingerprint density at radius 1 is 1.33 bits per heavy atom. The largest absolute Gasteiger partial charge is 0.460 e. The zero-order valence-electron chi connectivity index (χ0n) is 13.7. The molecule has 0 saturated heterocycles. The van der Waals surface area contributed by atoms with Gasteiger partial charge in [0.2, 0.25) is 5.89 Å². The Kier molecular flexibility index (Phi) is 5.91. The maximum atomic E-state index is 11.7. The SMILES string of the molecule is CC(C)(C)OC(=O)CCC(O)c1nc(-c2c(Cl)cccc2Cl)co1. The van der Waals surface area contributed by atoms with Crippen LogP contribution in [-0.4, -0.2) is 21.7 Å². The van der Waals surface area contributed by atoms with Crippen molar-refractivity contribution >= 4 is 29.2 Å². The molecule has 1 N–H and O–H groups in total. The number of nitrogens with zero attached hydrogens (tertiary/aromatic N) is 1. The highest BCUT2D eigenvalue weighted by Crippen LogP contribution is 2.34. The molecular weight excluding hydrogens is 353 g/mol. The molecule has 1 aromatic carbocycles. The molecule has 1 heterocycles. The molecule has 2 aromatic rings. The summed E-state index contributed by atoms with van der Waals surface area (Å²) in [5.74, 6) is -0.285. The molecule has 0 aliphatic rings. The summed E-state index contributed by atoms with van der Waals surface area (Å²) in [5.41, 5.74) is 0.408. The second-order valence-corrected chi connectivity index (χ2v) is 7.12.